The fourth-order valence-electron chi connectivity index (χ4n) is 3.34. The van der Waals surface area contributed by atoms with Gasteiger partial charge in [0.15, 0.2) is 4.34 Å². The number of furan rings is 1. The van der Waals surface area contributed by atoms with Crippen LogP contribution in [0.4, 0.5) is 10.8 Å². The molecule has 1 atom stereocenters. The summed E-state index contributed by atoms with van der Waals surface area (Å²) in [6.07, 6.45) is 2.24. The molecule has 4 heterocycles. The number of nitrogens with one attached hydrogen (secondary N) is 1. The molecule has 0 saturated heterocycles. The highest BCUT2D eigenvalue weighted by atomic mass is 32.2. The molecule has 1 N–H and O–H groups in total. The van der Waals surface area contributed by atoms with E-state index in [1.807, 2.05) is 53.9 Å². The Morgan fingerprint density at radius 2 is 2.12 bits per heavy atom. The van der Waals surface area contributed by atoms with E-state index in [0.29, 0.717) is 21.7 Å². The van der Waals surface area contributed by atoms with E-state index in [0.717, 1.165) is 22.0 Å². The molecule has 3 aromatic heterocycles. The van der Waals surface area contributed by atoms with Crippen molar-refractivity contribution >= 4 is 56.9 Å². The molecule has 0 aliphatic carbocycles. The lowest BCUT2D eigenvalue weighted by Crippen LogP contribution is -2.28. The molecule has 0 spiro atoms. The molecule has 1 aliphatic heterocycles. The van der Waals surface area contributed by atoms with E-state index in [4.69, 9.17) is 9.15 Å². The average Bonchev–Trinajstić information content (AvgIpc) is 3.63. The van der Waals surface area contributed by atoms with Crippen molar-refractivity contribution in [3.63, 3.8) is 0 Å². The first kappa shape index (κ1) is 21.7. The smallest absolute Gasteiger partial charge is 0.253 e. The molecule has 0 bridgehead atoms. The molecule has 0 unspecified atom stereocenters. The molecule has 1 amide bonds. The molecule has 11 heteroatoms. The van der Waals surface area contributed by atoms with Gasteiger partial charge in [0.05, 0.1) is 25.2 Å². The number of amides is 1. The number of benzene rings is 1. The molecule has 0 fully saturated rings. The number of aromatic nitrogens is 2. The van der Waals surface area contributed by atoms with Crippen LogP contribution in [0.1, 0.15) is 23.1 Å². The van der Waals surface area contributed by atoms with Crippen LogP contribution in [0.2, 0.25) is 0 Å². The Labute approximate surface area is 202 Å². The number of hydrogen-bond acceptors (Lipinski definition) is 10. The number of hydrogen-bond donors (Lipinski definition) is 1. The van der Waals surface area contributed by atoms with Crippen LogP contribution in [0.25, 0.3) is 0 Å². The Morgan fingerprint density at radius 3 is 2.85 bits per heavy atom. The maximum atomic E-state index is 13.1. The Morgan fingerprint density at radius 1 is 1.24 bits per heavy atom. The number of ether oxygens (including phenoxy) is 1. The van der Waals surface area contributed by atoms with Crippen LogP contribution in [-0.4, -0.2) is 39.7 Å². The van der Waals surface area contributed by atoms with Crippen LogP contribution in [0.15, 0.2) is 74.0 Å². The Hall–Kier alpha value is -3.15. The Balaban J connectivity index is 1.24. The number of carbonyl (C=O) groups is 1. The summed E-state index contributed by atoms with van der Waals surface area (Å²) in [6.45, 7) is 0. The standard InChI is InChI=1S/C22H19N5O3S3/c1-29-15-8-6-14(7-9-15)23-21-24-25-22(33-21)32-13-20(28)27-17(19-5-3-11-31-19)12-16(26-27)18-4-2-10-30-18/h2-11,17H,12-13H2,1H3,(H,23,24)/t17-/m0/s1. The van der Waals surface area contributed by atoms with Gasteiger partial charge in [-0.1, -0.05) is 29.2 Å². The summed E-state index contributed by atoms with van der Waals surface area (Å²) in [5.74, 6) is 1.61. The van der Waals surface area contributed by atoms with Crippen molar-refractivity contribution in [2.75, 3.05) is 18.2 Å². The van der Waals surface area contributed by atoms with Crippen molar-refractivity contribution in [2.24, 2.45) is 5.10 Å². The lowest BCUT2D eigenvalue weighted by molar-refractivity contribution is -0.130. The first-order chi connectivity index (χ1) is 16.2. The van der Waals surface area contributed by atoms with Crippen LogP contribution < -0.4 is 10.1 Å². The summed E-state index contributed by atoms with van der Waals surface area (Å²) in [5.41, 5.74) is 1.66. The number of nitrogens with zero attached hydrogens (tertiary/aromatic N) is 4. The fraction of sp³-hybridized carbons (Fsp3) is 0.182. The lowest BCUT2D eigenvalue weighted by atomic mass is 10.1. The van der Waals surface area contributed by atoms with Crippen molar-refractivity contribution in [3.05, 3.63) is 70.8 Å². The normalized spacial score (nSPS) is 15.5. The van der Waals surface area contributed by atoms with E-state index in [2.05, 4.69) is 20.6 Å². The number of carbonyl (C=O) groups excluding carboxylic acids is 1. The number of methoxy groups -OCH3 is 1. The number of hydrazone groups is 1. The van der Waals surface area contributed by atoms with E-state index < -0.39 is 0 Å². The molecule has 0 radical (unpaired) electrons. The predicted octanol–water partition coefficient (Wildman–Crippen LogP) is 5.41. The molecule has 168 valence electrons. The minimum Gasteiger partial charge on any atom is -0.497 e. The molecular formula is C22H19N5O3S3. The van der Waals surface area contributed by atoms with Crippen LogP contribution in [0.3, 0.4) is 0 Å². The first-order valence-corrected chi connectivity index (χ1v) is 12.7. The van der Waals surface area contributed by atoms with Gasteiger partial charge < -0.3 is 14.5 Å². The maximum absolute atomic E-state index is 13.1. The van der Waals surface area contributed by atoms with E-state index in [1.54, 1.807) is 29.7 Å². The first-order valence-electron chi connectivity index (χ1n) is 10.0. The van der Waals surface area contributed by atoms with E-state index in [9.17, 15) is 4.79 Å². The van der Waals surface area contributed by atoms with E-state index >= 15 is 0 Å². The number of rotatable bonds is 8. The fourth-order valence-corrected chi connectivity index (χ4v) is 5.78. The number of thioether (sulfide) groups is 1. The number of anilines is 2. The quantitative estimate of drug-likeness (QED) is 0.325. The van der Waals surface area contributed by atoms with E-state index in [1.165, 1.54) is 23.1 Å². The molecular weight excluding hydrogens is 478 g/mol. The summed E-state index contributed by atoms with van der Waals surface area (Å²) in [6, 6.07) is 15.1. The third-order valence-corrected chi connectivity index (χ3v) is 7.84. The Bertz CT molecular complexity index is 1240. The molecule has 1 aliphatic rings. The van der Waals surface area contributed by atoms with E-state index in [-0.39, 0.29) is 17.7 Å². The average molecular weight is 498 g/mol. The zero-order valence-electron chi connectivity index (χ0n) is 17.5. The van der Waals surface area contributed by atoms with Gasteiger partial charge in [0.1, 0.15) is 17.2 Å². The highest BCUT2D eigenvalue weighted by molar-refractivity contribution is 8.01. The van der Waals surface area contributed by atoms with Gasteiger partial charge in [0.2, 0.25) is 5.13 Å². The van der Waals surface area contributed by atoms with Crippen LogP contribution >= 0.6 is 34.4 Å². The molecule has 8 nitrogen and oxygen atoms in total. The highest BCUT2D eigenvalue weighted by Crippen LogP contribution is 2.36. The van der Waals surface area contributed by atoms with Gasteiger partial charge in [-0.05, 0) is 47.8 Å². The third-order valence-electron chi connectivity index (χ3n) is 4.91. The van der Waals surface area contributed by atoms with Crippen LogP contribution in [0.5, 0.6) is 5.75 Å². The zero-order chi connectivity index (χ0) is 22.6. The summed E-state index contributed by atoms with van der Waals surface area (Å²) in [4.78, 5) is 14.2. The second kappa shape index (κ2) is 9.77. The van der Waals surface area contributed by atoms with Gasteiger partial charge in [0, 0.05) is 17.0 Å². The second-order valence-corrected chi connectivity index (χ2v) is 10.2. The van der Waals surface area contributed by atoms with Crippen molar-refractivity contribution in [1.29, 1.82) is 0 Å². The second-order valence-electron chi connectivity index (χ2n) is 7.01. The predicted molar refractivity (Wildman–Crippen MR) is 131 cm³/mol. The van der Waals surface area contributed by atoms with Gasteiger partial charge in [-0.25, -0.2) is 5.01 Å². The summed E-state index contributed by atoms with van der Waals surface area (Å²) in [5, 5.41) is 20.4. The maximum Gasteiger partial charge on any atom is 0.253 e. The topological polar surface area (TPSA) is 92.8 Å². The molecule has 4 aromatic rings. The van der Waals surface area contributed by atoms with Crippen LogP contribution in [-0.2, 0) is 4.79 Å². The number of thiophene rings is 1. The summed E-state index contributed by atoms with van der Waals surface area (Å²) in [7, 11) is 1.63. The summed E-state index contributed by atoms with van der Waals surface area (Å²) < 4.78 is 11.4. The van der Waals surface area contributed by atoms with Gasteiger partial charge >= 0.3 is 0 Å². The van der Waals surface area contributed by atoms with Crippen molar-refractivity contribution in [1.82, 2.24) is 15.2 Å². The van der Waals surface area contributed by atoms with Gasteiger partial charge in [-0.15, -0.1) is 21.5 Å². The van der Waals surface area contributed by atoms with Gasteiger partial charge in [0.25, 0.3) is 5.91 Å². The Kier molecular flexibility index (Phi) is 6.42. The third kappa shape index (κ3) is 4.95. The minimum atomic E-state index is -0.125. The van der Waals surface area contributed by atoms with Crippen molar-refractivity contribution in [2.45, 2.75) is 16.8 Å². The molecule has 0 saturated carbocycles. The zero-order valence-corrected chi connectivity index (χ0v) is 20.0. The van der Waals surface area contributed by atoms with Crippen LogP contribution in [0, 0.1) is 0 Å². The molecule has 5 rings (SSSR count). The summed E-state index contributed by atoms with van der Waals surface area (Å²) >= 11 is 4.37. The molecule has 1 aromatic carbocycles. The molecule has 33 heavy (non-hydrogen) atoms. The lowest BCUT2D eigenvalue weighted by Gasteiger charge is -2.20. The highest BCUT2D eigenvalue weighted by Gasteiger charge is 2.34. The SMILES string of the molecule is COc1ccc(Nc2nnc(SCC(=O)N3N=C(c4ccco4)C[C@H]3c3cccs3)s2)cc1. The van der Waals surface area contributed by atoms with Crippen molar-refractivity contribution in [3.8, 4) is 5.75 Å². The van der Waals surface area contributed by atoms with Crippen molar-refractivity contribution < 1.29 is 13.9 Å². The largest absolute Gasteiger partial charge is 0.497 e. The minimum absolute atomic E-state index is 0.0835. The van der Waals surface area contributed by atoms with Gasteiger partial charge in [-0.3, -0.25) is 4.79 Å². The van der Waals surface area contributed by atoms with Gasteiger partial charge in [-0.2, -0.15) is 5.10 Å². The monoisotopic (exact) mass is 497 g/mol.